The summed E-state index contributed by atoms with van der Waals surface area (Å²) in [7, 11) is 0. The van der Waals surface area contributed by atoms with Crippen molar-refractivity contribution in [3.63, 3.8) is 0 Å². The molecule has 4 unspecified atom stereocenters. The summed E-state index contributed by atoms with van der Waals surface area (Å²) in [5.74, 6) is 1.96. The minimum atomic E-state index is -0.236. The first-order valence-electron chi connectivity index (χ1n) is 7.34. The Hall–Kier alpha value is -1.22. The molecule has 1 aromatic rings. The summed E-state index contributed by atoms with van der Waals surface area (Å²) >= 11 is 5.88. The van der Waals surface area contributed by atoms with Crippen molar-refractivity contribution in [3.8, 4) is 5.75 Å². The SMILES string of the molecule is CC(NC(=O)c1cc(Cl)ccc1O)C1CC2CCC1C2. The standard InChI is InChI=1S/C16H20ClNO2/c1-9(13-7-10-2-3-11(13)6-10)18-16(20)14-8-12(17)4-5-15(14)19/h4-5,8-11,13,19H,2-3,6-7H2,1H3,(H,18,20). The average molecular weight is 294 g/mol. The lowest BCUT2D eigenvalue weighted by molar-refractivity contribution is 0.0912. The molecule has 0 radical (unpaired) electrons. The van der Waals surface area contributed by atoms with Crippen LogP contribution in [0.2, 0.25) is 5.02 Å². The molecule has 2 N–H and O–H groups in total. The van der Waals surface area contributed by atoms with Gasteiger partial charge in [-0.15, -0.1) is 0 Å². The van der Waals surface area contributed by atoms with Crippen LogP contribution in [0.15, 0.2) is 18.2 Å². The molecule has 0 aromatic heterocycles. The van der Waals surface area contributed by atoms with E-state index in [4.69, 9.17) is 11.6 Å². The van der Waals surface area contributed by atoms with E-state index in [0.717, 1.165) is 11.8 Å². The van der Waals surface area contributed by atoms with E-state index >= 15 is 0 Å². The maximum atomic E-state index is 12.3. The van der Waals surface area contributed by atoms with E-state index < -0.39 is 0 Å². The lowest BCUT2D eigenvalue weighted by Crippen LogP contribution is -2.40. The molecule has 20 heavy (non-hydrogen) atoms. The highest BCUT2D eigenvalue weighted by Crippen LogP contribution is 2.49. The second kappa shape index (κ2) is 5.28. The van der Waals surface area contributed by atoms with Gasteiger partial charge >= 0.3 is 0 Å². The molecule has 108 valence electrons. The highest BCUT2D eigenvalue weighted by molar-refractivity contribution is 6.31. The van der Waals surface area contributed by atoms with Crippen molar-refractivity contribution in [2.45, 2.75) is 38.6 Å². The number of rotatable bonds is 3. The molecular formula is C16H20ClNO2. The number of phenols is 1. The van der Waals surface area contributed by atoms with Crippen molar-refractivity contribution in [1.29, 1.82) is 0 Å². The monoisotopic (exact) mass is 293 g/mol. The van der Waals surface area contributed by atoms with Crippen molar-refractivity contribution >= 4 is 17.5 Å². The van der Waals surface area contributed by atoms with Gasteiger partial charge in [-0.1, -0.05) is 18.0 Å². The van der Waals surface area contributed by atoms with Gasteiger partial charge in [0.15, 0.2) is 0 Å². The van der Waals surface area contributed by atoms with Crippen LogP contribution >= 0.6 is 11.6 Å². The number of halogens is 1. The number of fused-ring (bicyclic) bond motifs is 2. The Morgan fingerprint density at radius 3 is 2.85 bits per heavy atom. The zero-order valence-electron chi connectivity index (χ0n) is 11.6. The maximum absolute atomic E-state index is 12.3. The zero-order valence-corrected chi connectivity index (χ0v) is 12.4. The minimum Gasteiger partial charge on any atom is -0.507 e. The molecule has 2 saturated carbocycles. The normalized spacial score (nSPS) is 29.4. The predicted octanol–water partition coefficient (Wildman–Crippen LogP) is 3.60. The van der Waals surface area contributed by atoms with Crippen molar-refractivity contribution in [2.75, 3.05) is 0 Å². The topological polar surface area (TPSA) is 49.3 Å². The second-order valence-electron chi connectivity index (χ2n) is 6.26. The van der Waals surface area contributed by atoms with Gasteiger partial charge < -0.3 is 10.4 Å². The summed E-state index contributed by atoms with van der Waals surface area (Å²) in [6.07, 6.45) is 5.22. The van der Waals surface area contributed by atoms with E-state index in [0.29, 0.717) is 10.9 Å². The van der Waals surface area contributed by atoms with Crippen LogP contribution in [0.25, 0.3) is 0 Å². The Morgan fingerprint density at radius 1 is 1.40 bits per heavy atom. The highest BCUT2D eigenvalue weighted by Gasteiger charge is 2.42. The number of amides is 1. The Bertz CT molecular complexity index is 531. The van der Waals surface area contributed by atoms with Crippen molar-refractivity contribution in [1.82, 2.24) is 5.32 Å². The number of benzene rings is 1. The molecule has 2 aliphatic rings. The second-order valence-corrected chi connectivity index (χ2v) is 6.70. The molecule has 1 aromatic carbocycles. The summed E-state index contributed by atoms with van der Waals surface area (Å²) < 4.78 is 0. The Balaban J connectivity index is 1.68. The van der Waals surface area contributed by atoms with E-state index in [-0.39, 0.29) is 23.3 Å². The largest absolute Gasteiger partial charge is 0.507 e. The molecule has 2 fully saturated rings. The molecule has 4 atom stereocenters. The highest BCUT2D eigenvalue weighted by atomic mass is 35.5. The lowest BCUT2D eigenvalue weighted by atomic mass is 9.84. The Kier molecular flexibility index (Phi) is 3.63. The van der Waals surface area contributed by atoms with Crippen LogP contribution in [0, 0.1) is 17.8 Å². The number of hydrogen-bond donors (Lipinski definition) is 2. The van der Waals surface area contributed by atoms with E-state index in [1.54, 1.807) is 6.07 Å². The average Bonchev–Trinajstić information content (AvgIpc) is 3.03. The predicted molar refractivity (Wildman–Crippen MR) is 79.0 cm³/mol. The van der Waals surface area contributed by atoms with Gasteiger partial charge in [-0.2, -0.15) is 0 Å². The number of aromatic hydroxyl groups is 1. The van der Waals surface area contributed by atoms with Crippen LogP contribution in [-0.4, -0.2) is 17.1 Å². The molecule has 0 saturated heterocycles. The van der Waals surface area contributed by atoms with E-state index in [9.17, 15) is 9.90 Å². The van der Waals surface area contributed by atoms with Gasteiger partial charge in [-0.3, -0.25) is 4.79 Å². The Labute approximate surface area is 124 Å². The van der Waals surface area contributed by atoms with E-state index in [2.05, 4.69) is 12.2 Å². The molecular weight excluding hydrogens is 274 g/mol. The third kappa shape index (κ3) is 2.51. The van der Waals surface area contributed by atoms with Crippen molar-refractivity contribution in [2.24, 2.45) is 17.8 Å². The zero-order chi connectivity index (χ0) is 14.3. The smallest absolute Gasteiger partial charge is 0.255 e. The molecule has 0 aliphatic heterocycles. The molecule has 3 nitrogen and oxygen atoms in total. The number of carbonyl (C=O) groups excluding carboxylic acids is 1. The first-order valence-corrected chi connectivity index (χ1v) is 7.71. The van der Waals surface area contributed by atoms with Crippen LogP contribution in [0.5, 0.6) is 5.75 Å². The van der Waals surface area contributed by atoms with Crippen LogP contribution < -0.4 is 5.32 Å². The van der Waals surface area contributed by atoms with Gasteiger partial charge in [0.25, 0.3) is 5.91 Å². The number of carbonyl (C=O) groups is 1. The fraction of sp³-hybridized carbons (Fsp3) is 0.562. The number of hydrogen-bond acceptors (Lipinski definition) is 2. The summed E-state index contributed by atoms with van der Waals surface area (Å²) in [4.78, 5) is 12.3. The minimum absolute atomic E-state index is 0.0213. The van der Waals surface area contributed by atoms with E-state index in [1.165, 1.54) is 37.8 Å². The van der Waals surface area contributed by atoms with Crippen LogP contribution in [-0.2, 0) is 0 Å². The number of nitrogens with one attached hydrogen (secondary N) is 1. The van der Waals surface area contributed by atoms with Gasteiger partial charge in [0.1, 0.15) is 5.75 Å². The van der Waals surface area contributed by atoms with Crippen molar-refractivity contribution < 1.29 is 9.90 Å². The van der Waals surface area contributed by atoms with Crippen LogP contribution in [0.1, 0.15) is 43.0 Å². The fourth-order valence-corrected chi connectivity index (χ4v) is 4.16. The summed E-state index contributed by atoms with van der Waals surface area (Å²) in [6.45, 7) is 2.07. The van der Waals surface area contributed by atoms with Gasteiger partial charge in [0.05, 0.1) is 5.56 Å². The quantitative estimate of drug-likeness (QED) is 0.894. The molecule has 0 heterocycles. The molecule has 0 spiro atoms. The maximum Gasteiger partial charge on any atom is 0.255 e. The Morgan fingerprint density at radius 2 is 2.20 bits per heavy atom. The first kappa shape index (κ1) is 13.7. The third-order valence-electron chi connectivity index (χ3n) is 5.00. The lowest BCUT2D eigenvalue weighted by Gasteiger charge is -2.28. The van der Waals surface area contributed by atoms with Crippen LogP contribution in [0.4, 0.5) is 0 Å². The molecule has 4 heteroatoms. The van der Waals surface area contributed by atoms with Gasteiger partial charge in [0, 0.05) is 11.1 Å². The number of phenolic OH excluding ortho intramolecular Hbond substituents is 1. The summed E-state index contributed by atoms with van der Waals surface area (Å²) in [6, 6.07) is 4.70. The van der Waals surface area contributed by atoms with Crippen molar-refractivity contribution in [3.05, 3.63) is 28.8 Å². The summed E-state index contributed by atoms with van der Waals surface area (Å²) in [5.41, 5.74) is 0.257. The molecule has 2 bridgehead atoms. The van der Waals surface area contributed by atoms with Gasteiger partial charge in [-0.25, -0.2) is 0 Å². The fourth-order valence-electron chi connectivity index (χ4n) is 3.99. The molecule has 3 rings (SSSR count). The third-order valence-corrected chi connectivity index (χ3v) is 5.23. The summed E-state index contributed by atoms with van der Waals surface area (Å²) in [5, 5.41) is 13.3. The molecule has 1 amide bonds. The molecule has 2 aliphatic carbocycles. The van der Waals surface area contributed by atoms with Gasteiger partial charge in [0.2, 0.25) is 0 Å². The first-order chi connectivity index (χ1) is 9.54. The van der Waals surface area contributed by atoms with Crippen LogP contribution in [0.3, 0.4) is 0 Å². The van der Waals surface area contributed by atoms with Gasteiger partial charge in [-0.05, 0) is 62.1 Å². The van der Waals surface area contributed by atoms with E-state index in [1.807, 2.05) is 0 Å².